The summed E-state index contributed by atoms with van der Waals surface area (Å²) >= 11 is 5.88. The predicted octanol–water partition coefficient (Wildman–Crippen LogP) is 3.37. The molecule has 0 saturated carbocycles. The zero-order valence-electron chi connectivity index (χ0n) is 13.8. The second kappa shape index (κ2) is 7.84. The first kappa shape index (κ1) is 17.8. The molecular weight excluding hydrogens is 328 g/mol. The summed E-state index contributed by atoms with van der Waals surface area (Å²) < 4.78 is 5.49. The lowest BCUT2D eigenvalue weighted by Gasteiger charge is -2.12. The Labute approximate surface area is 146 Å². The van der Waals surface area contributed by atoms with Gasteiger partial charge in [0.25, 0.3) is 11.8 Å². The van der Waals surface area contributed by atoms with E-state index in [0.29, 0.717) is 22.0 Å². The monoisotopic (exact) mass is 346 g/mol. The summed E-state index contributed by atoms with van der Waals surface area (Å²) in [6, 6.07) is 11.9. The summed E-state index contributed by atoms with van der Waals surface area (Å²) in [5.41, 5.74) is 2.03. The van der Waals surface area contributed by atoms with E-state index in [1.165, 1.54) is 4.90 Å². The molecule has 2 amide bonds. The molecule has 0 saturated heterocycles. The van der Waals surface area contributed by atoms with Crippen molar-refractivity contribution in [2.24, 2.45) is 0 Å². The van der Waals surface area contributed by atoms with E-state index >= 15 is 0 Å². The van der Waals surface area contributed by atoms with Crippen LogP contribution in [0.15, 0.2) is 42.5 Å². The highest BCUT2D eigenvalue weighted by molar-refractivity contribution is 6.30. The number of carbonyl (C=O) groups excluding carboxylic acids is 2. The molecule has 0 aliphatic heterocycles. The molecule has 2 rings (SSSR count). The quantitative estimate of drug-likeness (QED) is 0.903. The lowest BCUT2D eigenvalue weighted by atomic mass is 10.2. The Balaban J connectivity index is 1.91. The maximum absolute atomic E-state index is 12.0. The molecule has 0 aliphatic rings. The van der Waals surface area contributed by atoms with E-state index in [0.717, 1.165) is 5.56 Å². The lowest BCUT2D eigenvalue weighted by Crippen LogP contribution is -2.22. The molecule has 5 nitrogen and oxygen atoms in total. The number of halogens is 1. The van der Waals surface area contributed by atoms with Crippen LogP contribution in [0.2, 0.25) is 5.02 Å². The first-order valence-corrected chi connectivity index (χ1v) is 7.75. The van der Waals surface area contributed by atoms with Gasteiger partial charge in [0, 0.05) is 30.4 Å². The molecule has 0 radical (unpaired) electrons. The molecule has 1 N–H and O–H groups in total. The fourth-order valence-electron chi connectivity index (χ4n) is 2.07. The van der Waals surface area contributed by atoms with Gasteiger partial charge in [-0.1, -0.05) is 11.6 Å². The number of carbonyl (C=O) groups is 2. The van der Waals surface area contributed by atoms with E-state index in [4.69, 9.17) is 16.3 Å². The minimum atomic E-state index is -0.281. The third-order valence-electron chi connectivity index (χ3n) is 3.32. The van der Waals surface area contributed by atoms with Crippen LogP contribution in [-0.4, -0.2) is 37.4 Å². The second-order valence-electron chi connectivity index (χ2n) is 5.52. The SMILES string of the molecule is Cc1cc(Cl)ccc1OCC(=O)Nc1ccc(C(=O)N(C)C)cc1. The highest BCUT2D eigenvalue weighted by Gasteiger charge is 2.09. The number of nitrogens with zero attached hydrogens (tertiary/aromatic N) is 1. The Morgan fingerprint density at radius 3 is 2.38 bits per heavy atom. The van der Waals surface area contributed by atoms with E-state index < -0.39 is 0 Å². The Morgan fingerprint density at radius 1 is 1.12 bits per heavy atom. The van der Waals surface area contributed by atoms with Crippen LogP contribution in [0.4, 0.5) is 5.69 Å². The highest BCUT2D eigenvalue weighted by atomic mass is 35.5. The summed E-state index contributed by atoms with van der Waals surface area (Å²) in [4.78, 5) is 25.3. The van der Waals surface area contributed by atoms with Gasteiger partial charge in [0.05, 0.1) is 0 Å². The van der Waals surface area contributed by atoms with E-state index in [-0.39, 0.29) is 18.4 Å². The molecule has 0 spiro atoms. The first-order valence-electron chi connectivity index (χ1n) is 7.37. The van der Waals surface area contributed by atoms with Crippen molar-refractivity contribution in [3.05, 3.63) is 58.6 Å². The fourth-order valence-corrected chi connectivity index (χ4v) is 2.30. The summed E-state index contributed by atoms with van der Waals surface area (Å²) in [5, 5.41) is 3.35. The van der Waals surface area contributed by atoms with Gasteiger partial charge in [-0.05, 0) is 55.0 Å². The van der Waals surface area contributed by atoms with Crippen molar-refractivity contribution >= 4 is 29.1 Å². The average molecular weight is 347 g/mol. The van der Waals surface area contributed by atoms with Crippen LogP contribution in [0.25, 0.3) is 0 Å². The Kier molecular flexibility index (Phi) is 5.82. The molecular formula is C18H19ClN2O3. The van der Waals surface area contributed by atoms with Gasteiger partial charge in [-0.25, -0.2) is 0 Å². The van der Waals surface area contributed by atoms with Gasteiger partial charge in [0.1, 0.15) is 5.75 Å². The standard InChI is InChI=1S/C18H19ClN2O3/c1-12-10-14(19)6-9-16(12)24-11-17(22)20-15-7-4-13(5-8-15)18(23)21(2)3/h4-10H,11H2,1-3H3,(H,20,22). The molecule has 126 valence electrons. The summed E-state index contributed by atoms with van der Waals surface area (Å²) in [6.45, 7) is 1.75. The van der Waals surface area contributed by atoms with Gasteiger partial charge < -0.3 is 15.0 Å². The Morgan fingerprint density at radius 2 is 1.79 bits per heavy atom. The average Bonchev–Trinajstić information content (AvgIpc) is 2.54. The number of amides is 2. The van der Waals surface area contributed by atoms with Crippen molar-refractivity contribution in [2.75, 3.05) is 26.0 Å². The predicted molar refractivity (Wildman–Crippen MR) is 94.8 cm³/mol. The summed E-state index contributed by atoms with van der Waals surface area (Å²) in [6.07, 6.45) is 0. The zero-order valence-corrected chi connectivity index (χ0v) is 14.6. The molecule has 6 heteroatoms. The van der Waals surface area contributed by atoms with Crippen molar-refractivity contribution in [3.8, 4) is 5.75 Å². The number of hydrogen-bond donors (Lipinski definition) is 1. The van der Waals surface area contributed by atoms with Crippen LogP contribution in [-0.2, 0) is 4.79 Å². The number of aryl methyl sites for hydroxylation is 1. The van der Waals surface area contributed by atoms with Crippen LogP contribution < -0.4 is 10.1 Å². The van der Waals surface area contributed by atoms with Crippen molar-refractivity contribution in [2.45, 2.75) is 6.92 Å². The molecule has 0 atom stereocenters. The van der Waals surface area contributed by atoms with Crippen molar-refractivity contribution in [1.29, 1.82) is 0 Å². The molecule has 24 heavy (non-hydrogen) atoms. The van der Waals surface area contributed by atoms with Crippen LogP contribution in [0.3, 0.4) is 0 Å². The molecule has 2 aromatic rings. The molecule has 0 aromatic heterocycles. The van der Waals surface area contributed by atoms with Crippen LogP contribution in [0.1, 0.15) is 15.9 Å². The van der Waals surface area contributed by atoms with E-state index in [9.17, 15) is 9.59 Å². The van der Waals surface area contributed by atoms with Crippen LogP contribution >= 0.6 is 11.6 Å². The van der Waals surface area contributed by atoms with Crippen molar-refractivity contribution in [1.82, 2.24) is 4.90 Å². The zero-order chi connectivity index (χ0) is 17.7. The number of ether oxygens (including phenoxy) is 1. The van der Waals surface area contributed by atoms with Gasteiger partial charge >= 0.3 is 0 Å². The topological polar surface area (TPSA) is 58.6 Å². The van der Waals surface area contributed by atoms with Gasteiger partial charge in [-0.3, -0.25) is 9.59 Å². The third-order valence-corrected chi connectivity index (χ3v) is 3.55. The van der Waals surface area contributed by atoms with Crippen LogP contribution in [0.5, 0.6) is 5.75 Å². The largest absolute Gasteiger partial charge is 0.483 e. The van der Waals surface area contributed by atoms with Gasteiger partial charge in [-0.15, -0.1) is 0 Å². The minimum Gasteiger partial charge on any atom is -0.483 e. The highest BCUT2D eigenvalue weighted by Crippen LogP contribution is 2.21. The van der Waals surface area contributed by atoms with E-state index in [2.05, 4.69) is 5.32 Å². The second-order valence-corrected chi connectivity index (χ2v) is 5.96. The normalized spacial score (nSPS) is 10.2. The van der Waals surface area contributed by atoms with Crippen molar-refractivity contribution in [3.63, 3.8) is 0 Å². The number of rotatable bonds is 5. The third kappa shape index (κ3) is 4.73. The van der Waals surface area contributed by atoms with E-state index in [1.807, 2.05) is 6.92 Å². The number of hydrogen-bond acceptors (Lipinski definition) is 3. The minimum absolute atomic E-state index is 0.0885. The molecule has 2 aromatic carbocycles. The van der Waals surface area contributed by atoms with Gasteiger partial charge in [0.15, 0.2) is 6.61 Å². The fraction of sp³-hybridized carbons (Fsp3) is 0.222. The number of anilines is 1. The molecule has 0 unspecified atom stereocenters. The lowest BCUT2D eigenvalue weighted by molar-refractivity contribution is -0.118. The number of nitrogens with one attached hydrogen (secondary N) is 1. The number of benzene rings is 2. The Hall–Kier alpha value is -2.53. The van der Waals surface area contributed by atoms with Gasteiger partial charge in [-0.2, -0.15) is 0 Å². The summed E-state index contributed by atoms with van der Waals surface area (Å²) in [5.74, 6) is 0.243. The molecule has 0 aliphatic carbocycles. The van der Waals surface area contributed by atoms with E-state index in [1.54, 1.807) is 56.6 Å². The maximum Gasteiger partial charge on any atom is 0.262 e. The molecule has 0 heterocycles. The van der Waals surface area contributed by atoms with Gasteiger partial charge in [0.2, 0.25) is 0 Å². The first-order chi connectivity index (χ1) is 11.4. The molecule has 0 bridgehead atoms. The van der Waals surface area contributed by atoms with Crippen molar-refractivity contribution < 1.29 is 14.3 Å². The Bertz CT molecular complexity index is 742. The summed E-state index contributed by atoms with van der Waals surface area (Å²) in [7, 11) is 3.38. The maximum atomic E-state index is 12.0. The van der Waals surface area contributed by atoms with Crippen LogP contribution in [0, 0.1) is 6.92 Å². The molecule has 0 fully saturated rings. The smallest absolute Gasteiger partial charge is 0.262 e.